The summed E-state index contributed by atoms with van der Waals surface area (Å²) in [7, 11) is 0. The summed E-state index contributed by atoms with van der Waals surface area (Å²) in [5.74, 6) is -0.213. The molecule has 3 heteroatoms. The molecule has 3 nitrogen and oxygen atoms in total. The molecule has 0 aromatic heterocycles. The first-order chi connectivity index (χ1) is 5.61. The zero-order valence-corrected chi connectivity index (χ0v) is 7.92. The maximum Gasteiger partial charge on any atom is 0.224 e. The highest BCUT2D eigenvalue weighted by Crippen LogP contribution is 2.01. The third kappa shape index (κ3) is 3.97. The first-order valence-electron chi connectivity index (χ1n) is 4.29. The average Bonchev–Trinajstić information content (AvgIpc) is 2.04. The minimum Gasteiger partial charge on any atom is -0.353 e. The van der Waals surface area contributed by atoms with E-state index in [-0.39, 0.29) is 17.9 Å². The van der Waals surface area contributed by atoms with Gasteiger partial charge in [-0.2, -0.15) is 5.26 Å². The Kier molecular flexibility index (Phi) is 5.11. The molecule has 2 atom stereocenters. The summed E-state index contributed by atoms with van der Waals surface area (Å²) in [4.78, 5) is 11.2. The van der Waals surface area contributed by atoms with Crippen LogP contribution in [0.5, 0.6) is 0 Å². The Labute approximate surface area is 73.8 Å². The second kappa shape index (κ2) is 5.59. The van der Waals surface area contributed by atoms with Crippen LogP contribution in [-0.4, -0.2) is 11.9 Å². The Morgan fingerprint density at radius 3 is 2.58 bits per heavy atom. The smallest absolute Gasteiger partial charge is 0.224 e. The van der Waals surface area contributed by atoms with Crippen molar-refractivity contribution in [3.05, 3.63) is 0 Å². The van der Waals surface area contributed by atoms with Crippen LogP contribution < -0.4 is 5.32 Å². The second-order valence-corrected chi connectivity index (χ2v) is 3.08. The summed E-state index contributed by atoms with van der Waals surface area (Å²) in [6.07, 6.45) is 1.22. The van der Waals surface area contributed by atoms with Crippen LogP contribution in [0, 0.1) is 17.2 Å². The van der Waals surface area contributed by atoms with Crippen molar-refractivity contribution >= 4 is 5.91 Å². The third-order valence-electron chi connectivity index (χ3n) is 1.85. The van der Waals surface area contributed by atoms with E-state index in [2.05, 4.69) is 5.32 Å². The molecule has 1 amide bonds. The third-order valence-corrected chi connectivity index (χ3v) is 1.85. The molecule has 12 heavy (non-hydrogen) atoms. The zero-order valence-electron chi connectivity index (χ0n) is 7.92. The minimum atomic E-state index is -0.191. The van der Waals surface area contributed by atoms with Gasteiger partial charge < -0.3 is 5.32 Å². The van der Waals surface area contributed by atoms with Crippen molar-refractivity contribution in [2.45, 2.75) is 39.7 Å². The van der Waals surface area contributed by atoms with Gasteiger partial charge in [-0.15, -0.1) is 0 Å². The maximum absolute atomic E-state index is 11.2. The molecule has 0 fully saturated rings. The molecule has 0 saturated carbocycles. The highest BCUT2D eigenvalue weighted by molar-refractivity contribution is 5.78. The molecule has 0 rings (SSSR count). The molecule has 68 valence electrons. The van der Waals surface area contributed by atoms with Crippen molar-refractivity contribution in [3.63, 3.8) is 0 Å². The van der Waals surface area contributed by atoms with Gasteiger partial charge in [0.1, 0.15) is 0 Å². The summed E-state index contributed by atoms with van der Waals surface area (Å²) in [6, 6.07) is 2.19. The lowest BCUT2D eigenvalue weighted by molar-refractivity contribution is -0.125. The van der Waals surface area contributed by atoms with E-state index in [9.17, 15) is 4.79 Å². The van der Waals surface area contributed by atoms with Crippen molar-refractivity contribution in [2.24, 2.45) is 5.92 Å². The molecule has 0 aliphatic rings. The summed E-state index contributed by atoms with van der Waals surface area (Å²) in [5, 5.41) is 11.2. The zero-order chi connectivity index (χ0) is 9.56. The Morgan fingerprint density at radius 1 is 1.58 bits per heavy atom. The van der Waals surface area contributed by atoms with Gasteiger partial charge >= 0.3 is 0 Å². The Hall–Kier alpha value is -1.04. The number of nitriles is 1. The van der Waals surface area contributed by atoms with Crippen molar-refractivity contribution in [1.82, 2.24) is 5.32 Å². The molecule has 0 aliphatic heterocycles. The van der Waals surface area contributed by atoms with Gasteiger partial charge in [0.15, 0.2) is 0 Å². The molecule has 1 N–H and O–H groups in total. The van der Waals surface area contributed by atoms with Gasteiger partial charge in [0.25, 0.3) is 0 Å². The number of nitrogens with zero attached hydrogens (tertiary/aromatic N) is 1. The highest BCUT2D eigenvalue weighted by atomic mass is 16.1. The number of hydrogen-bond acceptors (Lipinski definition) is 2. The largest absolute Gasteiger partial charge is 0.353 e. The first-order valence-corrected chi connectivity index (χ1v) is 4.29. The number of amides is 1. The molecule has 0 bridgehead atoms. The SMILES string of the molecule is CCC(C)NC(=O)C(C)CC#N. The maximum atomic E-state index is 11.2. The van der Waals surface area contributed by atoms with Crippen LogP contribution in [-0.2, 0) is 4.79 Å². The summed E-state index contributed by atoms with van der Waals surface area (Å²) < 4.78 is 0. The molecule has 0 heterocycles. The van der Waals surface area contributed by atoms with Crippen LogP contribution in [0.2, 0.25) is 0 Å². The fourth-order valence-corrected chi connectivity index (χ4v) is 0.717. The average molecular weight is 168 g/mol. The van der Waals surface area contributed by atoms with Crippen LogP contribution in [0.1, 0.15) is 33.6 Å². The number of nitrogens with one attached hydrogen (secondary N) is 1. The van der Waals surface area contributed by atoms with Gasteiger partial charge in [-0.25, -0.2) is 0 Å². The summed E-state index contributed by atoms with van der Waals surface area (Å²) in [5.41, 5.74) is 0. The molecule has 0 aromatic rings. The number of carbonyl (C=O) groups excluding carboxylic acids is 1. The van der Waals surface area contributed by atoms with Crippen LogP contribution >= 0.6 is 0 Å². The minimum absolute atomic E-state index is 0.0223. The molecule has 0 saturated heterocycles. The molecule has 0 aliphatic carbocycles. The quantitative estimate of drug-likeness (QED) is 0.690. The fourth-order valence-electron chi connectivity index (χ4n) is 0.717. The van der Waals surface area contributed by atoms with E-state index in [1.54, 1.807) is 6.92 Å². The predicted molar refractivity (Wildman–Crippen MR) is 47.3 cm³/mol. The van der Waals surface area contributed by atoms with E-state index in [0.717, 1.165) is 6.42 Å². The molecule has 2 unspecified atom stereocenters. The standard InChI is InChI=1S/C9H16N2O/c1-4-8(3)11-9(12)7(2)5-6-10/h7-8H,4-5H2,1-3H3,(H,11,12). The van der Waals surface area contributed by atoms with Crippen LogP contribution in [0.15, 0.2) is 0 Å². The van der Waals surface area contributed by atoms with Crippen molar-refractivity contribution in [3.8, 4) is 6.07 Å². The van der Waals surface area contributed by atoms with Crippen LogP contribution in [0.3, 0.4) is 0 Å². The molecule has 0 aromatic carbocycles. The molecule has 0 spiro atoms. The second-order valence-electron chi connectivity index (χ2n) is 3.08. The summed E-state index contributed by atoms with van der Waals surface area (Å²) >= 11 is 0. The number of carbonyl (C=O) groups is 1. The lowest BCUT2D eigenvalue weighted by Crippen LogP contribution is -2.35. The topological polar surface area (TPSA) is 52.9 Å². The van der Waals surface area contributed by atoms with E-state index in [0.29, 0.717) is 6.42 Å². The first kappa shape index (κ1) is 11.0. The van der Waals surface area contributed by atoms with Crippen LogP contribution in [0.25, 0.3) is 0 Å². The van der Waals surface area contributed by atoms with Gasteiger partial charge in [-0.1, -0.05) is 13.8 Å². The van der Waals surface area contributed by atoms with E-state index < -0.39 is 0 Å². The lowest BCUT2D eigenvalue weighted by Gasteiger charge is -2.13. The van der Waals surface area contributed by atoms with Gasteiger partial charge in [-0.3, -0.25) is 4.79 Å². The van der Waals surface area contributed by atoms with Gasteiger partial charge in [0, 0.05) is 18.4 Å². The van der Waals surface area contributed by atoms with Crippen molar-refractivity contribution in [2.75, 3.05) is 0 Å². The van der Waals surface area contributed by atoms with E-state index in [4.69, 9.17) is 5.26 Å². The van der Waals surface area contributed by atoms with Crippen molar-refractivity contribution < 1.29 is 4.79 Å². The van der Waals surface area contributed by atoms with Crippen LogP contribution in [0.4, 0.5) is 0 Å². The molecular weight excluding hydrogens is 152 g/mol. The normalized spacial score (nSPS) is 14.5. The molecule has 0 radical (unpaired) electrons. The predicted octanol–water partition coefficient (Wildman–Crippen LogP) is 1.45. The lowest BCUT2D eigenvalue weighted by atomic mass is 10.1. The fraction of sp³-hybridized carbons (Fsp3) is 0.778. The number of hydrogen-bond donors (Lipinski definition) is 1. The Bertz CT molecular complexity index is 183. The van der Waals surface area contributed by atoms with E-state index in [1.807, 2.05) is 19.9 Å². The molecular formula is C9H16N2O. The summed E-state index contributed by atoms with van der Waals surface area (Å²) in [6.45, 7) is 5.73. The van der Waals surface area contributed by atoms with E-state index >= 15 is 0 Å². The number of rotatable bonds is 4. The monoisotopic (exact) mass is 168 g/mol. The van der Waals surface area contributed by atoms with Gasteiger partial charge in [-0.05, 0) is 13.3 Å². The van der Waals surface area contributed by atoms with Gasteiger partial charge in [0.2, 0.25) is 5.91 Å². The Balaban J connectivity index is 3.80. The van der Waals surface area contributed by atoms with E-state index in [1.165, 1.54) is 0 Å². The van der Waals surface area contributed by atoms with Crippen molar-refractivity contribution in [1.29, 1.82) is 5.26 Å². The van der Waals surface area contributed by atoms with Gasteiger partial charge in [0.05, 0.1) is 6.07 Å². The Morgan fingerprint density at radius 2 is 2.17 bits per heavy atom. The highest BCUT2D eigenvalue weighted by Gasteiger charge is 2.13.